The van der Waals surface area contributed by atoms with Crippen LogP contribution in [0.2, 0.25) is 0 Å². The fraction of sp³-hybridized carbons (Fsp3) is 0.722. The summed E-state index contributed by atoms with van der Waals surface area (Å²) in [4.78, 5) is 26.6. The maximum atomic E-state index is 13.5. The summed E-state index contributed by atoms with van der Waals surface area (Å²) in [5, 5.41) is 57.1. The molecule has 8 atom stereocenters. The highest BCUT2D eigenvalue weighted by atomic mass is 16.7. The van der Waals surface area contributed by atoms with E-state index in [1.807, 2.05) is 54.7 Å². The summed E-state index contributed by atoms with van der Waals surface area (Å²) in [6.45, 7) is 5.60. The third kappa shape index (κ3) is 46.2. The summed E-state index contributed by atoms with van der Waals surface area (Å²) < 4.78 is 17.6. The van der Waals surface area contributed by atoms with E-state index < -0.39 is 67.4 Å². The van der Waals surface area contributed by atoms with Crippen LogP contribution in [0.3, 0.4) is 0 Å². The van der Waals surface area contributed by atoms with Crippen LogP contribution in [0.15, 0.2) is 109 Å². The molecule has 1 amide bonds. The average Bonchev–Trinajstić information content (AvgIpc) is 3.54. The number of nitrogens with one attached hydrogen (secondary N) is 1. The van der Waals surface area contributed by atoms with Crippen LogP contribution in [-0.4, -0.2) is 99.6 Å². The van der Waals surface area contributed by atoms with Gasteiger partial charge in [0, 0.05) is 6.42 Å². The van der Waals surface area contributed by atoms with Crippen LogP contribution in [-0.2, 0) is 23.8 Å². The number of carbonyl (C=O) groups is 2. The van der Waals surface area contributed by atoms with E-state index in [-0.39, 0.29) is 19.4 Å². The van der Waals surface area contributed by atoms with Gasteiger partial charge in [-0.25, -0.2) is 0 Å². The molecular weight excluding hydrogens is 1040 g/mol. The molecule has 476 valence electrons. The summed E-state index contributed by atoms with van der Waals surface area (Å²) in [5.74, 6) is -1.24. The Balaban J connectivity index is 2.62. The molecule has 0 aromatic rings. The van der Waals surface area contributed by atoms with Gasteiger partial charge in [0.25, 0.3) is 0 Å². The van der Waals surface area contributed by atoms with Gasteiger partial charge in [0.05, 0.1) is 25.4 Å². The number of carbonyl (C=O) groups excluding carboxylic acids is 2. The lowest BCUT2D eigenvalue weighted by molar-refractivity contribution is -0.305. The summed E-state index contributed by atoms with van der Waals surface area (Å²) in [6.07, 6.45) is 69.9. The second-order valence-corrected chi connectivity index (χ2v) is 22.9. The first-order valence-corrected chi connectivity index (χ1v) is 33.7. The van der Waals surface area contributed by atoms with Crippen LogP contribution < -0.4 is 5.32 Å². The molecule has 0 aromatic heterocycles. The minimum Gasteiger partial charge on any atom is -0.454 e. The van der Waals surface area contributed by atoms with Crippen LogP contribution in [0.4, 0.5) is 0 Å². The molecule has 0 saturated carbocycles. The summed E-state index contributed by atoms with van der Waals surface area (Å²) in [6, 6.07) is -1.04. The lowest BCUT2D eigenvalue weighted by Crippen LogP contribution is -2.61. The molecule has 11 heteroatoms. The Labute approximate surface area is 507 Å². The van der Waals surface area contributed by atoms with Crippen molar-refractivity contribution in [2.75, 3.05) is 13.2 Å². The normalized spacial score (nSPS) is 19.3. The largest absolute Gasteiger partial charge is 0.454 e. The highest BCUT2D eigenvalue weighted by molar-refractivity contribution is 5.80. The molecule has 1 aliphatic heterocycles. The molecule has 1 fully saturated rings. The first kappa shape index (κ1) is 77.3. The molecule has 0 aromatic carbocycles. The van der Waals surface area contributed by atoms with Gasteiger partial charge in [0.1, 0.15) is 24.4 Å². The Morgan fingerprint density at radius 1 is 0.494 bits per heavy atom. The topological polar surface area (TPSA) is 175 Å². The fourth-order valence-electron chi connectivity index (χ4n) is 9.97. The first-order valence-electron chi connectivity index (χ1n) is 33.7. The number of esters is 1. The maximum Gasteiger partial charge on any atom is 0.306 e. The lowest BCUT2D eigenvalue weighted by Gasteiger charge is -2.41. The monoisotopic (exact) mass is 1160 g/mol. The van der Waals surface area contributed by atoms with E-state index in [1.165, 1.54) is 148 Å². The molecular formula is C72H123NO10. The first-order chi connectivity index (χ1) is 40.7. The van der Waals surface area contributed by atoms with Crippen molar-refractivity contribution in [1.82, 2.24) is 5.32 Å². The van der Waals surface area contributed by atoms with Gasteiger partial charge in [-0.2, -0.15) is 0 Å². The molecule has 1 heterocycles. The smallest absolute Gasteiger partial charge is 0.306 e. The Bertz CT molecular complexity index is 1770. The molecule has 0 radical (unpaired) electrons. The molecule has 8 unspecified atom stereocenters. The van der Waals surface area contributed by atoms with Gasteiger partial charge in [0.2, 0.25) is 5.91 Å². The molecule has 83 heavy (non-hydrogen) atoms. The van der Waals surface area contributed by atoms with Gasteiger partial charge in [-0.3, -0.25) is 9.59 Å². The van der Waals surface area contributed by atoms with E-state index in [2.05, 4.69) is 74.7 Å². The molecule has 11 nitrogen and oxygen atoms in total. The average molecular weight is 1160 g/mol. The summed E-state index contributed by atoms with van der Waals surface area (Å²) >= 11 is 0. The maximum absolute atomic E-state index is 13.5. The zero-order valence-electron chi connectivity index (χ0n) is 52.8. The standard InChI is InChI=1S/C72H123NO10/c1-4-7-10-13-16-19-22-25-27-28-29-30-31-32-33-34-35-36-37-39-41-44-47-50-53-56-59-65(76)71(80)73-63(64(75)58-55-52-49-46-43-40-24-21-18-15-12-9-6-3)62-81-72-70(69(79)68(78)66(61-74)82-72)83-67(77)60-57-54-51-48-45-42-38-26-23-20-17-14-11-8-5-2/h8,11,14,16-17,19-20,23,25-27,29-30,38,42,45,55,58,63-66,68-70,72,74-76,78-79H,4-7,9-10,12-13,15,18,21-22,24,28,31-37,39-41,43-44,46-54,56-57,59-62H2,1-3H3,(H,73,80)/b11-8+,17-14+,19-16-,23-20-,27-25-,30-29-,38-26-,45-42+,58-55+. The van der Waals surface area contributed by atoms with Crippen molar-refractivity contribution in [3.63, 3.8) is 0 Å². The van der Waals surface area contributed by atoms with Gasteiger partial charge in [-0.1, -0.05) is 291 Å². The summed E-state index contributed by atoms with van der Waals surface area (Å²) in [5.41, 5.74) is 0. The van der Waals surface area contributed by atoms with E-state index >= 15 is 0 Å². The lowest BCUT2D eigenvalue weighted by atomic mass is 9.99. The third-order valence-electron chi connectivity index (χ3n) is 15.3. The van der Waals surface area contributed by atoms with Gasteiger partial charge >= 0.3 is 5.97 Å². The van der Waals surface area contributed by atoms with E-state index in [1.54, 1.807) is 6.08 Å². The third-order valence-corrected chi connectivity index (χ3v) is 15.3. The Hall–Kier alpha value is -3.68. The van der Waals surface area contributed by atoms with E-state index in [9.17, 15) is 35.1 Å². The van der Waals surface area contributed by atoms with E-state index in [0.717, 1.165) is 77.0 Å². The highest BCUT2D eigenvalue weighted by Crippen LogP contribution is 2.26. The van der Waals surface area contributed by atoms with Crippen LogP contribution in [0.25, 0.3) is 0 Å². The molecule has 1 rings (SSSR count). The zero-order chi connectivity index (χ0) is 60.3. The van der Waals surface area contributed by atoms with E-state index in [4.69, 9.17) is 14.2 Å². The number of aliphatic hydroxyl groups is 5. The number of unbranched alkanes of at least 4 members (excludes halogenated alkanes) is 30. The molecule has 1 saturated heterocycles. The number of rotatable bonds is 56. The molecule has 0 bridgehead atoms. The summed E-state index contributed by atoms with van der Waals surface area (Å²) in [7, 11) is 0. The van der Waals surface area contributed by atoms with Crippen molar-refractivity contribution in [3.8, 4) is 0 Å². The highest BCUT2D eigenvalue weighted by Gasteiger charge is 2.47. The number of ether oxygens (including phenoxy) is 3. The molecule has 1 aliphatic rings. The van der Waals surface area contributed by atoms with Crippen molar-refractivity contribution < 1.29 is 49.3 Å². The zero-order valence-corrected chi connectivity index (χ0v) is 52.8. The van der Waals surface area contributed by atoms with Crippen LogP contribution >= 0.6 is 0 Å². The number of hydrogen-bond acceptors (Lipinski definition) is 10. The minimum absolute atomic E-state index is 0.0698. The van der Waals surface area contributed by atoms with Crippen molar-refractivity contribution >= 4 is 11.9 Å². The van der Waals surface area contributed by atoms with Crippen molar-refractivity contribution in [2.24, 2.45) is 0 Å². The predicted molar refractivity (Wildman–Crippen MR) is 347 cm³/mol. The Morgan fingerprint density at radius 3 is 1.43 bits per heavy atom. The quantitative estimate of drug-likeness (QED) is 0.0149. The second kappa shape index (κ2) is 58.7. The van der Waals surface area contributed by atoms with Crippen molar-refractivity contribution in [2.45, 2.75) is 320 Å². The minimum atomic E-state index is -1.64. The molecule has 0 spiro atoms. The Kier molecular flexibility index (Phi) is 54.7. The van der Waals surface area contributed by atoms with E-state index in [0.29, 0.717) is 12.8 Å². The Morgan fingerprint density at radius 2 is 0.916 bits per heavy atom. The SMILES string of the molecule is CC/C=C/C=C/C=C\C=C/C=C/CCCCCC(=O)OC1C(OCC(NC(=O)C(O)CCCCCCCCCCCCCCC/C=C\C/C=C\C/C=C\CCCCC)C(O)/C=C/CCCCCCCCCCCCC)OC(CO)C(O)C1O. The van der Waals surface area contributed by atoms with Crippen LogP contribution in [0.5, 0.6) is 0 Å². The number of aliphatic hydroxyl groups excluding tert-OH is 5. The van der Waals surface area contributed by atoms with Crippen molar-refractivity contribution in [1.29, 1.82) is 0 Å². The second-order valence-electron chi connectivity index (χ2n) is 22.9. The fourth-order valence-corrected chi connectivity index (χ4v) is 9.97. The van der Waals surface area contributed by atoms with Crippen LogP contribution in [0.1, 0.15) is 271 Å². The van der Waals surface area contributed by atoms with Gasteiger partial charge in [0.15, 0.2) is 12.4 Å². The predicted octanol–water partition coefficient (Wildman–Crippen LogP) is 16.8. The number of amides is 1. The molecule has 0 aliphatic carbocycles. The number of allylic oxidation sites excluding steroid dienone is 17. The van der Waals surface area contributed by atoms with Gasteiger partial charge in [-0.05, 0) is 83.5 Å². The van der Waals surface area contributed by atoms with Gasteiger partial charge in [-0.15, -0.1) is 0 Å². The van der Waals surface area contributed by atoms with Crippen molar-refractivity contribution in [3.05, 3.63) is 109 Å². The number of hydrogen-bond donors (Lipinski definition) is 6. The molecule has 6 N–H and O–H groups in total. The van der Waals surface area contributed by atoms with Crippen LogP contribution in [0, 0.1) is 0 Å². The van der Waals surface area contributed by atoms with Gasteiger partial charge < -0.3 is 45.1 Å².